The number of benzene rings is 2. The van der Waals surface area contributed by atoms with Gasteiger partial charge in [-0.1, -0.05) is 60.1 Å². The molecular weight excluding hydrogens is 414 g/mol. The number of ether oxygens (including phenoxy) is 2. The molecule has 2 aromatic rings. The standard InChI is InChI=1S/C25H28ClNO4/c1-30-23(29)24(19-7-3-2-4-8-19)11-15-27(16-12-24)22(28)25(13-17-31-18-14-25)20-9-5-6-10-21(20)26/h2-10H,11-18H2,1H3. The summed E-state index contributed by atoms with van der Waals surface area (Å²) < 4.78 is 10.8. The van der Waals surface area contributed by atoms with E-state index >= 15 is 0 Å². The fourth-order valence-corrected chi connectivity index (χ4v) is 5.44. The number of rotatable bonds is 4. The average molecular weight is 442 g/mol. The molecule has 0 atom stereocenters. The topological polar surface area (TPSA) is 55.8 Å². The van der Waals surface area contributed by atoms with Crippen molar-refractivity contribution in [2.24, 2.45) is 0 Å². The molecule has 0 saturated carbocycles. The summed E-state index contributed by atoms with van der Waals surface area (Å²) in [6, 6.07) is 17.4. The van der Waals surface area contributed by atoms with Gasteiger partial charge in [0.1, 0.15) is 0 Å². The number of likely N-dealkylation sites (tertiary alicyclic amines) is 1. The molecule has 2 heterocycles. The van der Waals surface area contributed by atoms with Gasteiger partial charge >= 0.3 is 5.97 Å². The van der Waals surface area contributed by atoms with Crippen LogP contribution in [-0.4, -0.2) is 50.2 Å². The van der Waals surface area contributed by atoms with Crippen LogP contribution < -0.4 is 0 Å². The minimum absolute atomic E-state index is 0.0791. The quantitative estimate of drug-likeness (QED) is 0.669. The Hall–Kier alpha value is -2.37. The number of methoxy groups -OCH3 is 1. The van der Waals surface area contributed by atoms with Gasteiger partial charge in [-0.25, -0.2) is 0 Å². The summed E-state index contributed by atoms with van der Waals surface area (Å²) in [7, 11) is 1.43. The lowest BCUT2D eigenvalue weighted by Crippen LogP contribution is -2.55. The second kappa shape index (κ2) is 9.01. The fourth-order valence-electron chi connectivity index (χ4n) is 5.12. The molecule has 0 aliphatic carbocycles. The lowest BCUT2D eigenvalue weighted by atomic mass is 9.70. The van der Waals surface area contributed by atoms with E-state index in [-0.39, 0.29) is 11.9 Å². The number of halogens is 1. The molecule has 0 unspecified atom stereocenters. The van der Waals surface area contributed by atoms with Crippen molar-refractivity contribution in [1.82, 2.24) is 4.90 Å². The maximum absolute atomic E-state index is 13.9. The van der Waals surface area contributed by atoms with E-state index in [1.807, 2.05) is 59.5 Å². The molecule has 2 aliphatic heterocycles. The van der Waals surface area contributed by atoms with Crippen LogP contribution >= 0.6 is 11.6 Å². The Kier molecular flexibility index (Phi) is 6.35. The first-order valence-electron chi connectivity index (χ1n) is 10.8. The summed E-state index contributed by atoms with van der Waals surface area (Å²) >= 11 is 6.54. The second-order valence-corrected chi connectivity index (χ2v) is 8.81. The Bertz CT molecular complexity index is 932. The summed E-state index contributed by atoms with van der Waals surface area (Å²) in [5.74, 6) is -0.159. The van der Waals surface area contributed by atoms with Crippen LogP contribution in [0.1, 0.15) is 36.8 Å². The van der Waals surface area contributed by atoms with Gasteiger partial charge in [-0.3, -0.25) is 9.59 Å². The summed E-state index contributed by atoms with van der Waals surface area (Å²) in [5, 5.41) is 0.614. The van der Waals surface area contributed by atoms with E-state index in [0.717, 1.165) is 11.1 Å². The van der Waals surface area contributed by atoms with Crippen LogP contribution in [0.3, 0.4) is 0 Å². The SMILES string of the molecule is COC(=O)C1(c2ccccc2)CCN(C(=O)C2(c3ccccc3Cl)CCOCC2)CC1. The molecule has 0 radical (unpaired) electrons. The number of amides is 1. The van der Waals surface area contributed by atoms with Gasteiger partial charge in [0.25, 0.3) is 0 Å². The van der Waals surface area contributed by atoms with Crippen LogP contribution in [-0.2, 0) is 29.9 Å². The molecule has 1 amide bonds. The smallest absolute Gasteiger partial charge is 0.316 e. The maximum atomic E-state index is 13.9. The molecule has 2 aliphatic rings. The van der Waals surface area contributed by atoms with Crippen LogP contribution in [0.15, 0.2) is 54.6 Å². The molecular formula is C25H28ClNO4. The third-order valence-corrected chi connectivity index (χ3v) is 7.28. The van der Waals surface area contributed by atoms with Crippen molar-refractivity contribution in [2.45, 2.75) is 36.5 Å². The highest BCUT2D eigenvalue weighted by Gasteiger charge is 2.49. The number of hydrogen-bond donors (Lipinski definition) is 0. The van der Waals surface area contributed by atoms with Gasteiger partial charge in [-0.2, -0.15) is 0 Å². The fraction of sp³-hybridized carbons (Fsp3) is 0.440. The molecule has 0 aromatic heterocycles. The van der Waals surface area contributed by atoms with E-state index in [4.69, 9.17) is 21.1 Å². The Labute approximate surface area is 188 Å². The molecule has 2 saturated heterocycles. The molecule has 2 aromatic carbocycles. The number of carbonyl (C=O) groups excluding carboxylic acids is 2. The summed E-state index contributed by atoms with van der Waals surface area (Å²) in [6.07, 6.45) is 2.27. The van der Waals surface area contributed by atoms with E-state index in [1.165, 1.54) is 7.11 Å². The van der Waals surface area contributed by atoms with Crippen LogP contribution in [0.2, 0.25) is 5.02 Å². The van der Waals surface area contributed by atoms with Gasteiger partial charge in [0.05, 0.1) is 17.9 Å². The molecule has 2 fully saturated rings. The van der Waals surface area contributed by atoms with Crippen molar-refractivity contribution in [2.75, 3.05) is 33.4 Å². The Balaban J connectivity index is 1.61. The van der Waals surface area contributed by atoms with E-state index in [9.17, 15) is 9.59 Å². The highest BCUT2D eigenvalue weighted by atomic mass is 35.5. The maximum Gasteiger partial charge on any atom is 0.316 e. The summed E-state index contributed by atoms with van der Waals surface area (Å²) in [6.45, 7) is 2.05. The van der Waals surface area contributed by atoms with Gasteiger partial charge in [0.2, 0.25) is 5.91 Å². The van der Waals surface area contributed by atoms with Crippen molar-refractivity contribution < 1.29 is 19.1 Å². The van der Waals surface area contributed by atoms with Gasteiger partial charge in [-0.15, -0.1) is 0 Å². The number of esters is 1. The van der Waals surface area contributed by atoms with Crippen LogP contribution in [0.25, 0.3) is 0 Å². The van der Waals surface area contributed by atoms with Gasteiger partial charge < -0.3 is 14.4 Å². The van der Waals surface area contributed by atoms with Crippen LogP contribution in [0.4, 0.5) is 0 Å². The minimum atomic E-state index is -0.722. The van der Waals surface area contributed by atoms with E-state index < -0.39 is 10.8 Å². The molecule has 0 spiro atoms. The van der Waals surface area contributed by atoms with Crippen molar-refractivity contribution in [1.29, 1.82) is 0 Å². The Morgan fingerprint density at radius 2 is 1.52 bits per heavy atom. The normalized spacial score (nSPS) is 20.1. The first kappa shape index (κ1) is 21.8. The molecule has 31 heavy (non-hydrogen) atoms. The van der Waals surface area contributed by atoms with E-state index in [2.05, 4.69) is 0 Å². The summed E-state index contributed by atoms with van der Waals surface area (Å²) in [4.78, 5) is 28.6. The zero-order valence-electron chi connectivity index (χ0n) is 17.8. The van der Waals surface area contributed by atoms with Crippen LogP contribution in [0.5, 0.6) is 0 Å². The van der Waals surface area contributed by atoms with Crippen molar-refractivity contribution in [3.05, 3.63) is 70.7 Å². The molecule has 164 valence electrons. The zero-order chi connectivity index (χ0) is 21.9. The van der Waals surface area contributed by atoms with E-state index in [0.29, 0.717) is 57.0 Å². The second-order valence-electron chi connectivity index (χ2n) is 8.41. The largest absolute Gasteiger partial charge is 0.468 e. The zero-order valence-corrected chi connectivity index (χ0v) is 18.6. The number of carbonyl (C=O) groups is 2. The van der Waals surface area contributed by atoms with Crippen LogP contribution in [0, 0.1) is 0 Å². The van der Waals surface area contributed by atoms with Gasteiger partial charge in [-0.05, 0) is 42.9 Å². The summed E-state index contributed by atoms with van der Waals surface area (Å²) in [5.41, 5.74) is 0.410. The third-order valence-electron chi connectivity index (χ3n) is 6.95. The average Bonchev–Trinajstić information content (AvgIpc) is 2.84. The minimum Gasteiger partial charge on any atom is -0.468 e. The van der Waals surface area contributed by atoms with Crippen molar-refractivity contribution >= 4 is 23.5 Å². The highest BCUT2D eigenvalue weighted by molar-refractivity contribution is 6.31. The lowest BCUT2D eigenvalue weighted by molar-refractivity contribution is -0.153. The number of hydrogen-bond acceptors (Lipinski definition) is 4. The third kappa shape index (κ3) is 3.85. The molecule has 0 bridgehead atoms. The number of nitrogens with zero attached hydrogens (tertiary/aromatic N) is 1. The molecule has 5 nitrogen and oxygen atoms in total. The predicted octanol–water partition coefficient (Wildman–Crippen LogP) is 4.12. The molecule has 0 N–H and O–H groups in total. The lowest BCUT2D eigenvalue weighted by Gasteiger charge is -2.45. The molecule has 4 rings (SSSR count). The van der Waals surface area contributed by atoms with Gasteiger partial charge in [0, 0.05) is 31.3 Å². The molecule has 6 heteroatoms. The highest BCUT2D eigenvalue weighted by Crippen LogP contribution is 2.43. The first-order chi connectivity index (χ1) is 15.0. The van der Waals surface area contributed by atoms with Crippen molar-refractivity contribution in [3.8, 4) is 0 Å². The number of piperidine rings is 1. The van der Waals surface area contributed by atoms with E-state index in [1.54, 1.807) is 0 Å². The Morgan fingerprint density at radius 1 is 0.903 bits per heavy atom. The monoisotopic (exact) mass is 441 g/mol. The Morgan fingerprint density at radius 3 is 2.13 bits per heavy atom. The van der Waals surface area contributed by atoms with Crippen molar-refractivity contribution in [3.63, 3.8) is 0 Å². The predicted molar refractivity (Wildman–Crippen MR) is 119 cm³/mol. The van der Waals surface area contributed by atoms with Gasteiger partial charge in [0.15, 0.2) is 0 Å². The first-order valence-corrected chi connectivity index (χ1v) is 11.2.